The predicted molar refractivity (Wildman–Crippen MR) is 54.6 cm³/mol. The molecule has 0 fully saturated rings. The van der Waals surface area contributed by atoms with Crippen molar-refractivity contribution in [3.8, 4) is 0 Å². The Morgan fingerprint density at radius 2 is 1.93 bits per heavy atom. The highest BCUT2D eigenvalue weighted by Crippen LogP contribution is 2.02. The summed E-state index contributed by atoms with van der Waals surface area (Å²) in [6, 6.07) is -0.390. The fourth-order valence-corrected chi connectivity index (χ4v) is 1.06. The molecule has 0 unspecified atom stereocenters. The number of rotatable bonds is 5. The molecule has 0 saturated heterocycles. The van der Waals surface area contributed by atoms with Crippen molar-refractivity contribution in [3.63, 3.8) is 0 Å². The molecule has 0 aliphatic heterocycles. The zero-order valence-electron chi connectivity index (χ0n) is 9.28. The number of carbonyl (C=O) groups is 2. The average Bonchev–Trinajstić information content (AvgIpc) is 1.99. The number of nitrogens with zero attached hydrogens (tertiary/aromatic N) is 1. The molecule has 0 radical (unpaired) electrons. The molecule has 6 nitrogen and oxygen atoms in total. The number of hydrogen-bond acceptors (Lipinski definition) is 3. The van der Waals surface area contributed by atoms with E-state index in [-0.39, 0.29) is 19.5 Å². The average molecular weight is 218 g/mol. The van der Waals surface area contributed by atoms with E-state index < -0.39 is 17.6 Å². The Hall–Kier alpha value is -1.30. The van der Waals surface area contributed by atoms with Crippen LogP contribution in [0.4, 0.5) is 4.79 Å². The third kappa shape index (κ3) is 7.75. The molecule has 0 aliphatic rings. The third-order valence-electron chi connectivity index (χ3n) is 1.59. The first-order valence-electron chi connectivity index (χ1n) is 4.65. The zero-order chi connectivity index (χ0) is 12.1. The van der Waals surface area contributed by atoms with E-state index in [1.165, 1.54) is 11.9 Å². The van der Waals surface area contributed by atoms with E-state index in [1.807, 2.05) is 0 Å². The number of amides is 2. The van der Waals surface area contributed by atoms with Gasteiger partial charge in [-0.15, -0.1) is 0 Å². The normalized spacial score (nSPS) is 10.9. The molecule has 88 valence electrons. The molecular weight excluding hydrogens is 200 g/mol. The highest BCUT2D eigenvalue weighted by Gasteiger charge is 2.18. The number of carbonyl (C=O) groups excluding carboxylic acids is 1. The first kappa shape index (κ1) is 13.7. The summed E-state index contributed by atoms with van der Waals surface area (Å²) >= 11 is 0. The van der Waals surface area contributed by atoms with Crippen LogP contribution < -0.4 is 5.32 Å². The van der Waals surface area contributed by atoms with Gasteiger partial charge in [-0.25, -0.2) is 4.79 Å². The van der Waals surface area contributed by atoms with Gasteiger partial charge < -0.3 is 20.4 Å². The number of nitrogens with one attached hydrogen (secondary N) is 1. The molecule has 0 heterocycles. The van der Waals surface area contributed by atoms with Gasteiger partial charge in [0.25, 0.3) is 0 Å². The quantitative estimate of drug-likeness (QED) is 0.599. The van der Waals surface area contributed by atoms with E-state index >= 15 is 0 Å². The summed E-state index contributed by atoms with van der Waals surface area (Å²) in [4.78, 5) is 22.8. The van der Waals surface area contributed by atoms with Gasteiger partial charge >= 0.3 is 12.0 Å². The van der Waals surface area contributed by atoms with Crippen molar-refractivity contribution >= 4 is 12.0 Å². The van der Waals surface area contributed by atoms with Gasteiger partial charge in [-0.2, -0.15) is 0 Å². The van der Waals surface area contributed by atoms with Gasteiger partial charge in [-0.05, 0) is 13.8 Å². The van der Waals surface area contributed by atoms with Gasteiger partial charge in [0.2, 0.25) is 0 Å². The molecule has 0 aromatic heterocycles. The molecule has 0 aliphatic carbocycles. The molecule has 15 heavy (non-hydrogen) atoms. The molecule has 0 aromatic carbocycles. The zero-order valence-corrected chi connectivity index (χ0v) is 9.28. The van der Waals surface area contributed by atoms with Crippen LogP contribution in [0.25, 0.3) is 0 Å². The Morgan fingerprint density at radius 1 is 1.40 bits per heavy atom. The lowest BCUT2D eigenvalue weighted by atomic mass is 10.1. The van der Waals surface area contributed by atoms with Gasteiger partial charge in [0.05, 0.1) is 18.6 Å². The fourth-order valence-electron chi connectivity index (χ4n) is 1.06. The molecule has 2 amide bonds. The number of hydrogen-bond donors (Lipinski definition) is 3. The summed E-state index contributed by atoms with van der Waals surface area (Å²) in [6.07, 6.45) is -0.109. The Kier molecular flexibility index (Phi) is 5.07. The lowest BCUT2D eigenvalue weighted by molar-refractivity contribution is -0.136. The molecule has 0 spiro atoms. The monoisotopic (exact) mass is 218 g/mol. The minimum absolute atomic E-state index is 0.0877. The summed E-state index contributed by atoms with van der Waals surface area (Å²) < 4.78 is 0. The molecule has 0 aromatic rings. The maximum atomic E-state index is 11.3. The summed E-state index contributed by atoms with van der Waals surface area (Å²) in [5.41, 5.74) is -0.959. The van der Waals surface area contributed by atoms with E-state index in [1.54, 1.807) is 13.8 Å². The predicted octanol–water partition coefficient (Wildman–Crippen LogP) is -0.127. The topological polar surface area (TPSA) is 89.9 Å². The fraction of sp³-hybridized carbons (Fsp3) is 0.778. The van der Waals surface area contributed by atoms with Crippen LogP contribution in [0.5, 0.6) is 0 Å². The third-order valence-corrected chi connectivity index (χ3v) is 1.59. The Bertz CT molecular complexity index is 235. The van der Waals surface area contributed by atoms with Crippen LogP contribution in [-0.4, -0.2) is 52.9 Å². The van der Waals surface area contributed by atoms with Crippen molar-refractivity contribution < 1.29 is 19.8 Å². The molecular formula is C9H18N2O4. The van der Waals surface area contributed by atoms with Crippen molar-refractivity contribution in [2.75, 3.05) is 20.1 Å². The van der Waals surface area contributed by atoms with E-state index in [4.69, 9.17) is 5.11 Å². The molecule has 0 saturated carbocycles. The van der Waals surface area contributed by atoms with Crippen LogP contribution in [-0.2, 0) is 4.79 Å². The van der Waals surface area contributed by atoms with Crippen LogP contribution in [0.1, 0.15) is 20.3 Å². The van der Waals surface area contributed by atoms with Gasteiger partial charge in [-0.1, -0.05) is 0 Å². The Morgan fingerprint density at radius 3 is 2.33 bits per heavy atom. The van der Waals surface area contributed by atoms with Gasteiger partial charge in [0, 0.05) is 13.6 Å². The molecule has 0 atom stereocenters. The van der Waals surface area contributed by atoms with Crippen molar-refractivity contribution in [1.29, 1.82) is 0 Å². The number of urea groups is 1. The Labute approximate surface area is 88.9 Å². The smallest absolute Gasteiger partial charge is 0.317 e. The minimum Gasteiger partial charge on any atom is -0.481 e. The van der Waals surface area contributed by atoms with Crippen molar-refractivity contribution in [2.24, 2.45) is 0 Å². The molecule has 0 rings (SSSR count). The summed E-state index contributed by atoms with van der Waals surface area (Å²) in [7, 11) is 1.54. The SMILES string of the molecule is CN(CC(C)(C)O)C(=O)NCCC(=O)O. The van der Waals surface area contributed by atoms with Crippen LogP contribution in [0.15, 0.2) is 0 Å². The summed E-state index contributed by atoms with van der Waals surface area (Å²) in [5, 5.41) is 20.2. The Balaban J connectivity index is 3.85. The van der Waals surface area contributed by atoms with Crippen LogP contribution in [0, 0.1) is 0 Å². The van der Waals surface area contributed by atoms with E-state index in [9.17, 15) is 14.7 Å². The van der Waals surface area contributed by atoms with Gasteiger partial charge in [-0.3, -0.25) is 4.79 Å². The molecule has 0 bridgehead atoms. The van der Waals surface area contributed by atoms with E-state index in [2.05, 4.69) is 5.32 Å². The standard InChI is InChI=1S/C9H18N2O4/c1-9(2,15)6-11(3)8(14)10-5-4-7(12)13/h15H,4-6H2,1-3H3,(H,10,14)(H,12,13). The first-order valence-corrected chi connectivity index (χ1v) is 4.65. The van der Waals surface area contributed by atoms with Crippen molar-refractivity contribution in [3.05, 3.63) is 0 Å². The second-order valence-corrected chi connectivity index (χ2v) is 4.04. The van der Waals surface area contributed by atoms with Crippen molar-refractivity contribution in [1.82, 2.24) is 10.2 Å². The van der Waals surface area contributed by atoms with Crippen LogP contribution in [0.2, 0.25) is 0 Å². The van der Waals surface area contributed by atoms with Crippen LogP contribution >= 0.6 is 0 Å². The lowest BCUT2D eigenvalue weighted by Gasteiger charge is -2.25. The highest BCUT2D eigenvalue weighted by molar-refractivity contribution is 5.75. The first-order chi connectivity index (χ1) is 6.72. The van der Waals surface area contributed by atoms with Gasteiger partial charge in [0.15, 0.2) is 0 Å². The van der Waals surface area contributed by atoms with E-state index in [0.29, 0.717) is 0 Å². The lowest BCUT2D eigenvalue weighted by Crippen LogP contribution is -2.45. The number of aliphatic hydroxyl groups is 1. The highest BCUT2D eigenvalue weighted by atomic mass is 16.4. The second kappa shape index (κ2) is 5.55. The summed E-state index contributed by atoms with van der Waals surface area (Å²) in [5.74, 6) is -0.958. The summed E-state index contributed by atoms with van der Waals surface area (Å²) in [6.45, 7) is 3.46. The minimum atomic E-state index is -0.959. The largest absolute Gasteiger partial charge is 0.481 e. The number of likely N-dealkylation sites (N-methyl/N-ethyl adjacent to an activating group) is 1. The number of carboxylic acid groups (broad SMARTS) is 1. The number of aliphatic carboxylic acids is 1. The molecule has 3 N–H and O–H groups in total. The van der Waals surface area contributed by atoms with E-state index in [0.717, 1.165) is 0 Å². The van der Waals surface area contributed by atoms with Crippen molar-refractivity contribution in [2.45, 2.75) is 25.9 Å². The van der Waals surface area contributed by atoms with Crippen LogP contribution in [0.3, 0.4) is 0 Å². The number of carboxylic acids is 1. The second-order valence-electron chi connectivity index (χ2n) is 4.04. The van der Waals surface area contributed by atoms with Gasteiger partial charge in [0.1, 0.15) is 0 Å². The molecule has 6 heteroatoms. The maximum Gasteiger partial charge on any atom is 0.317 e. The maximum absolute atomic E-state index is 11.3.